The lowest BCUT2D eigenvalue weighted by Gasteiger charge is -2.09. The average Bonchev–Trinajstić information content (AvgIpc) is 2.49. The summed E-state index contributed by atoms with van der Waals surface area (Å²) in [6.45, 7) is 0. The normalized spacial score (nSPS) is 10.3. The summed E-state index contributed by atoms with van der Waals surface area (Å²) in [6.07, 6.45) is -0.344. The van der Waals surface area contributed by atoms with Gasteiger partial charge in [-0.3, -0.25) is 9.59 Å². The Kier molecular flexibility index (Phi) is 5.59. The van der Waals surface area contributed by atoms with Gasteiger partial charge < -0.3 is 15.3 Å². The maximum atomic E-state index is 11.0. The second-order valence-corrected chi connectivity index (χ2v) is 6.13. The molecule has 3 N–H and O–H groups in total. The Morgan fingerprint density at radius 3 is 2.00 bits per heavy atom. The molecule has 2 aromatic rings. The third-order valence-electron chi connectivity index (χ3n) is 3.16. The van der Waals surface area contributed by atoms with Crippen molar-refractivity contribution < 1.29 is 29.7 Å². The molecule has 0 unspecified atom stereocenters. The van der Waals surface area contributed by atoms with Crippen LogP contribution in [0.5, 0.6) is 0 Å². The Balaban J connectivity index is 2.25. The molecule has 7 heteroatoms. The summed E-state index contributed by atoms with van der Waals surface area (Å²) in [4.78, 5) is 34.1. The minimum atomic E-state index is -1.11. The molecular formula is C17H14O6S. The van der Waals surface area contributed by atoms with Crippen LogP contribution in [0.2, 0.25) is 0 Å². The molecule has 0 saturated carbocycles. The highest BCUT2D eigenvalue weighted by Gasteiger charge is 2.12. The van der Waals surface area contributed by atoms with E-state index >= 15 is 0 Å². The second-order valence-electron chi connectivity index (χ2n) is 5.01. The third-order valence-corrected chi connectivity index (χ3v) is 4.28. The van der Waals surface area contributed by atoms with Crippen molar-refractivity contribution in [2.45, 2.75) is 22.6 Å². The van der Waals surface area contributed by atoms with Crippen LogP contribution in [0.3, 0.4) is 0 Å². The Hall–Kier alpha value is -2.80. The van der Waals surface area contributed by atoms with Crippen molar-refractivity contribution >= 4 is 29.7 Å². The van der Waals surface area contributed by atoms with E-state index in [-0.39, 0.29) is 18.4 Å². The van der Waals surface area contributed by atoms with Crippen molar-refractivity contribution in [2.24, 2.45) is 0 Å². The first kappa shape index (κ1) is 17.6. The van der Waals surface area contributed by atoms with Crippen molar-refractivity contribution in [2.75, 3.05) is 0 Å². The summed E-state index contributed by atoms with van der Waals surface area (Å²) >= 11 is 1.30. The molecule has 0 heterocycles. The summed E-state index contributed by atoms with van der Waals surface area (Å²) in [5.74, 6) is -3.07. The van der Waals surface area contributed by atoms with E-state index in [1.54, 1.807) is 30.3 Å². The van der Waals surface area contributed by atoms with Gasteiger partial charge in [-0.05, 0) is 41.5 Å². The molecule has 124 valence electrons. The van der Waals surface area contributed by atoms with Crippen LogP contribution in [0.4, 0.5) is 0 Å². The molecule has 0 saturated heterocycles. The molecule has 0 amide bonds. The van der Waals surface area contributed by atoms with E-state index in [1.807, 2.05) is 0 Å². The largest absolute Gasteiger partial charge is 0.481 e. The van der Waals surface area contributed by atoms with Crippen LogP contribution in [-0.4, -0.2) is 33.2 Å². The zero-order valence-electron chi connectivity index (χ0n) is 12.4. The summed E-state index contributed by atoms with van der Waals surface area (Å²) in [5, 5.41) is 26.8. The summed E-state index contributed by atoms with van der Waals surface area (Å²) in [7, 11) is 0. The number of aromatic carboxylic acids is 1. The standard InChI is InChI=1S/C17H14O6S/c18-15(19)7-10-1-4-13(5-2-10)24-14-6-3-11(17(22)23)8-12(14)9-16(20)21/h1-6,8H,7,9H2,(H,18,19)(H,20,21)(H,22,23). The number of rotatable bonds is 7. The topological polar surface area (TPSA) is 112 Å². The molecule has 24 heavy (non-hydrogen) atoms. The van der Waals surface area contributed by atoms with E-state index < -0.39 is 17.9 Å². The molecule has 0 aromatic heterocycles. The van der Waals surface area contributed by atoms with Crippen LogP contribution < -0.4 is 0 Å². The number of hydrogen-bond donors (Lipinski definition) is 3. The maximum absolute atomic E-state index is 11.0. The van der Waals surface area contributed by atoms with Gasteiger partial charge in [0.1, 0.15) is 0 Å². The summed E-state index contributed by atoms with van der Waals surface area (Å²) < 4.78 is 0. The Morgan fingerprint density at radius 2 is 1.46 bits per heavy atom. The highest BCUT2D eigenvalue weighted by atomic mass is 32.2. The van der Waals surface area contributed by atoms with E-state index in [1.165, 1.54) is 23.9 Å². The van der Waals surface area contributed by atoms with Gasteiger partial charge in [0.25, 0.3) is 0 Å². The molecule has 0 aliphatic rings. The lowest BCUT2D eigenvalue weighted by molar-refractivity contribution is -0.137. The number of carbonyl (C=O) groups is 3. The van der Waals surface area contributed by atoms with Gasteiger partial charge in [0.15, 0.2) is 0 Å². The minimum Gasteiger partial charge on any atom is -0.481 e. The summed E-state index contributed by atoms with van der Waals surface area (Å²) in [6, 6.07) is 11.2. The van der Waals surface area contributed by atoms with Crippen molar-refractivity contribution in [3.63, 3.8) is 0 Å². The van der Waals surface area contributed by atoms with Crippen molar-refractivity contribution in [3.05, 3.63) is 59.2 Å². The Labute approximate surface area is 141 Å². The predicted octanol–water partition coefficient (Wildman–Crippen LogP) is 2.79. The van der Waals surface area contributed by atoms with Crippen LogP contribution in [-0.2, 0) is 22.4 Å². The van der Waals surface area contributed by atoms with Crippen molar-refractivity contribution in [1.29, 1.82) is 0 Å². The molecule has 0 fully saturated rings. The van der Waals surface area contributed by atoms with E-state index in [2.05, 4.69) is 0 Å². The molecule has 0 aliphatic heterocycles. The first-order valence-corrected chi connectivity index (χ1v) is 7.73. The third kappa shape index (κ3) is 4.85. The predicted molar refractivity (Wildman–Crippen MR) is 86.6 cm³/mol. The van der Waals surface area contributed by atoms with E-state index in [0.29, 0.717) is 16.0 Å². The number of hydrogen-bond acceptors (Lipinski definition) is 4. The van der Waals surface area contributed by atoms with Crippen LogP contribution in [0.1, 0.15) is 21.5 Å². The molecule has 0 aliphatic carbocycles. The SMILES string of the molecule is O=C(O)Cc1ccc(Sc2ccc(C(=O)O)cc2CC(=O)O)cc1. The smallest absolute Gasteiger partial charge is 0.335 e. The van der Waals surface area contributed by atoms with Gasteiger partial charge in [-0.25, -0.2) is 4.79 Å². The Morgan fingerprint density at radius 1 is 0.833 bits per heavy atom. The quantitative estimate of drug-likeness (QED) is 0.706. The molecular weight excluding hydrogens is 332 g/mol. The fraction of sp³-hybridized carbons (Fsp3) is 0.118. The molecule has 0 atom stereocenters. The first-order valence-electron chi connectivity index (χ1n) is 6.92. The minimum absolute atomic E-state index is 0.0346. The first-order chi connectivity index (χ1) is 11.3. The van der Waals surface area contributed by atoms with Crippen molar-refractivity contribution in [1.82, 2.24) is 0 Å². The van der Waals surface area contributed by atoms with Gasteiger partial charge >= 0.3 is 17.9 Å². The van der Waals surface area contributed by atoms with Gasteiger partial charge in [0.2, 0.25) is 0 Å². The molecule has 0 bridgehead atoms. The number of aliphatic carboxylic acids is 2. The molecule has 2 rings (SSSR count). The monoisotopic (exact) mass is 346 g/mol. The molecule has 0 spiro atoms. The highest BCUT2D eigenvalue weighted by Crippen LogP contribution is 2.31. The number of carboxylic acids is 3. The van der Waals surface area contributed by atoms with Gasteiger partial charge in [-0.2, -0.15) is 0 Å². The molecule has 2 aromatic carbocycles. The van der Waals surface area contributed by atoms with Gasteiger partial charge in [0.05, 0.1) is 18.4 Å². The van der Waals surface area contributed by atoms with E-state index in [9.17, 15) is 14.4 Å². The zero-order valence-corrected chi connectivity index (χ0v) is 13.2. The van der Waals surface area contributed by atoms with Gasteiger partial charge in [-0.15, -0.1) is 0 Å². The zero-order chi connectivity index (χ0) is 17.7. The second kappa shape index (κ2) is 7.65. The maximum Gasteiger partial charge on any atom is 0.335 e. The van der Waals surface area contributed by atoms with Gasteiger partial charge in [0, 0.05) is 9.79 Å². The number of benzene rings is 2. The summed E-state index contributed by atoms with van der Waals surface area (Å²) in [5.41, 5.74) is 1.12. The van der Waals surface area contributed by atoms with Crippen LogP contribution in [0.25, 0.3) is 0 Å². The van der Waals surface area contributed by atoms with Crippen molar-refractivity contribution in [3.8, 4) is 0 Å². The van der Waals surface area contributed by atoms with Gasteiger partial charge in [-0.1, -0.05) is 23.9 Å². The van der Waals surface area contributed by atoms with E-state index in [0.717, 1.165) is 4.90 Å². The van der Waals surface area contributed by atoms with Crippen LogP contribution in [0.15, 0.2) is 52.3 Å². The Bertz CT molecular complexity index is 782. The van der Waals surface area contributed by atoms with Crippen LogP contribution in [0, 0.1) is 0 Å². The van der Waals surface area contributed by atoms with E-state index in [4.69, 9.17) is 15.3 Å². The highest BCUT2D eigenvalue weighted by molar-refractivity contribution is 7.99. The lowest BCUT2D eigenvalue weighted by atomic mass is 10.1. The lowest BCUT2D eigenvalue weighted by Crippen LogP contribution is -2.04. The number of carboxylic acid groups (broad SMARTS) is 3. The molecule has 6 nitrogen and oxygen atoms in total. The fourth-order valence-electron chi connectivity index (χ4n) is 2.09. The average molecular weight is 346 g/mol. The molecule has 0 radical (unpaired) electrons. The fourth-order valence-corrected chi connectivity index (χ4v) is 3.01. The van der Waals surface area contributed by atoms with Crippen LogP contribution >= 0.6 is 11.8 Å².